The summed E-state index contributed by atoms with van der Waals surface area (Å²) in [6.45, 7) is 3.75. The van der Waals surface area contributed by atoms with Crippen molar-refractivity contribution in [2.24, 2.45) is 16.0 Å². The maximum absolute atomic E-state index is 13.0. The number of aryl methyl sites for hydroxylation is 1. The number of pyridine rings is 1. The molecule has 8 nitrogen and oxygen atoms in total. The summed E-state index contributed by atoms with van der Waals surface area (Å²) in [7, 11) is -3.59. The number of hydrogen-bond acceptors (Lipinski definition) is 6. The summed E-state index contributed by atoms with van der Waals surface area (Å²) < 4.78 is 33.4. The van der Waals surface area contributed by atoms with Crippen molar-refractivity contribution in [3.05, 3.63) is 58.9 Å². The van der Waals surface area contributed by atoms with Crippen LogP contribution >= 0.6 is 0 Å². The van der Waals surface area contributed by atoms with E-state index in [1.54, 1.807) is 30.5 Å². The number of ether oxygens (including phenoxy) is 1. The monoisotopic (exact) mass is 442 g/mol. The van der Waals surface area contributed by atoms with Crippen LogP contribution in [0.2, 0.25) is 0 Å². The van der Waals surface area contributed by atoms with E-state index < -0.39 is 10.0 Å². The molecule has 0 spiro atoms. The maximum atomic E-state index is 13.0. The number of benzene rings is 1. The predicted molar refractivity (Wildman–Crippen MR) is 118 cm³/mol. The van der Waals surface area contributed by atoms with Gasteiger partial charge in [-0.2, -0.15) is 0 Å². The average molecular weight is 443 g/mol. The van der Waals surface area contributed by atoms with Gasteiger partial charge in [0.1, 0.15) is 11.6 Å². The number of amides is 1. The standard InChI is InChI=1S/C22H26N4O4S/c1-2-18-11-16(8-9-24-18)22(27)26-10-4-5-15(12-26)13-30-19-7-3-6-17-14-31(28,29)25-21(23)20(17)19/h3,6-9,11,15H,2,4-5,10,12-14H2,1H3,(H2,23,25)/t15-/m0/s1. The van der Waals surface area contributed by atoms with Crippen LogP contribution in [0.15, 0.2) is 40.9 Å². The fourth-order valence-electron chi connectivity index (χ4n) is 4.11. The molecular weight excluding hydrogens is 416 g/mol. The lowest BCUT2D eigenvalue weighted by molar-refractivity contribution is 0.0633. The molecule has 1 atom stereocenters. The number of amidine groups is 1. The highest BCUT2D eigenvalue weighted by molar-refractivity contribution is 7.89. The van der Waals surface area contributed by atoms with Gasteiger partial charge in [-0.15, -0.1) is 4.40 Å². The molecule has 3 heterocycles. The Bertz CT molecular complexity index is 1130. The summed E-state index contributed by atoms with van der Waals surface area (Å²) >= 11 is 0. The average Bonchev–Trinajstić information content (AvgIpc) is 2.76. The van der Waals surface area contributed by atoms with Crippen LogP contribution in [0.1, 0.15) is 46.9 Å². The Morgan fingerprint density at radius 3 is 2.97 bits per heavy atom. The SMILES string of the molecule is CCc1cc(C(=O)N2CCC[C@H](COc3cccc4c3C(N)=NS(=O)(=O)C4)C2)ccn1. The van der Waals surface area contributed by atoms with Crippen molar-refractivity contribution in [3.8, 4) is 5.75 Å². The Hall–Kier alpha value is -2.94. The number of aromatic nitrogens is 1. The molecule has 9 heteroatoms. The lowest BCUT2D eigenvalue weighted by Gasteiger charge is -2.33. The van der Waals surface area contributed by atoms with Gasteiger partial charge < -0.3 is 15.4 Å². The van der Waals surface area contributed by atoms with E-state index in [0.29, 0.717) is 35.6 Å². The normalized spacial score (nSPS) is 20.0. The molecule has 0 bridgehead atoms. The zero-order chi connectivity index (χ0) is 22.0. The lowest BCUT2D eigenvalue weighted by Crippen LogP contribution is -2.41. The second kappa shape index (κ2) is 8.66. The summed E-state index contributed by atoms with van der Waals surface area (Å²) in [5, 5.41) is 0. The number of carbonyl (C=O) groups excluding carboxylic acids is 1. The number of nitrogens with two attached hydrogens (primary N) is 1. The molecule has 1 aromatic carbocycles. The number of likely N-dealkylation sites (tertiary alicyclic amines) is 1. The van der Waals surface area contributed by atoms with Gasteiger partial charge in [-0.05, 0) is 43.0 Å². The number of fused-ring (bicyclic) bond motifs is 1. The van der Waals surface area contributed by atoms with Crippen LogP contribution in [0.4, 0.5) is 0 Å². The zero-order valence-corrected chi connectivity index (χ0v) is 18.3. The molecule has 2 aromatic rings. The van der Waals surface area contributed by atoms with E-state index in [4.69, 9.17) is 10.5 Å². The highest BCUT2D eigenvalue weighted by Gasteiger charge is 2.28. The molecule has 1 aromatic heterocycles. The molecule has 164 valence electrons. The number of hydrogen-bond donors (Lipinski definition) is 1. The lowest BCUT2D eigenvalue weighted by atomic mass is 9.98. The van der Waals surface area contributed by atoms with Gasteiger partial charge in [-0.25, -0.2) is 8.42 Å². The third-order valence-electron chi connectivity index (χ3n) is 5.65. The van der Waals surface area contributed by atoms with Crippen molar-refractivity contribution in [1.82, 2.24) is 9.88 Å². The van der Waals surface area contributed by atoms with Crippen LogP contribution < -0.4 is 10.5 Å². The maximum Gasteiger partial charge on any atom is 0.259 e. The minimum Gasteiger partial charge on any atom is -0.492 e. The number of sulfonamides is 1. The summed E-state index contributed by atoms with van der Waals surface area (Å²) in [6.07, 6.45) is 4.32. The van der Waals surface area contributed by atoms with E-state index in [1.165, 1.54) is 0 Å². The molecule has 1 saturated heterocycles. The quantitative estimate of drug-likeness (QED) is 0.758. The van der Waals surface area contributed by atoms with Crippen LogP contribution in [0.25, 0.3) is 0 Å². The zero-order valence-electron chi connectivity index (χ0n) is 17.5. The Balaban J connectivity index is 1.44. The highest BCUT2D eigenvalue weighted by atomic mass is 32.2. The summed E-state index contributed by atoms with van der Waals surface area (Å²) in [4.78, 5) is 19.1. The van der Waals surface area contributed by atoms with E-state index in [-0.39, 0.29) is 23.4 Å². The Morgan fingerprint density at radius 2 is 2.16 bits per heavy atom. The smallest absolute Gasteiger partial charge is 0.259 e. The van der Waals surface area contributed by atoms with Gasteiger partial charge in [-0.1, -0.05) is 19.1 Å². The molecule has 4 rings (SSSR count). The van der Waals surface area contributed by atoms with Gasteiger partial charge in [0.25, 0.3) is 15.9 Å². The molecule has 2 N–H and O–H groups in total. The molecule has 0 saturated carbocycles. The van der Waals surface area contributed by atoms with Gasteiger partial charge >= 0.3 is 0 Å². The molecule has 0 unspecified atom stereocenters. The molecule has 2 aliphatic heterocycles. The fourth-order valence-corrected chi connectivity index (χ4v) is 5.20. The first-order valence-electron chi connectivity index (χ1n) is 10.4. The molecule has 0 aliphatic carbocycles. The largest absolute Gasteiger partial charge is 0.492 e. The Kier molecular flexibility index (Phi) is 5.95. The van der Waals surface area contributed by atoms with Gasteiger partial charge in [0, 0.05) is 36.5 Å². The van der Waals surface area contributed by atoms with E-state index in [0.717, 1.165) is 31.5 Å². The number of nitrogens with zero attached hydrogens (tertiary/aromatic N) is 3. The number of rotatable bonds is 5. The topological polar surface area (TPSA) is 115 Å². The number of piperidine rings is 1. The van der Waals surface area contributed by atoms with E-state index in [1.807, 2.05) is 17.9 Å². The first kappa shape index (κ1) is 21.3. The van der Waals surface area contributed by atoms with Crippen LogP contribution in [0.5, 0.6) is 5.75 Å². The minimum absolute atomic E-state index is 0.0143. The van der Waals surface area contributed by atoms with Crippen LogP contribution in [-0.2, 0) is 22.2 Å². The molecule has 0 radical (unpaired) electrons. The minimum atomic E-state index is -3.59. The third kappa shape index (κ3) is 4.71. The van der Waals surface area contributed by atoms with Crippen molar-refractivity contribution in [1.29, 1.82) is 0 Å². The highest BCUT2D eigenvalue weighted by Crippen LogP contribution is 2.29. The van der Waals surface area contributed by atoms with Crippen molar-refractivity contribution in [2.75, 3.05) is 19.7 Å². The Morgan fingerprint density at radius 1 is 1.32 bits per heavy atom. The van der Waals surface area contributed by atoms with Gasteiger partial charge in [0.2, 0.25) is 0 Å². The van der Waals surface area contributed by atoms with Gasteiger partial charge in [-0.3, -0.25) is 9.78 Å². The predicted octanol–water partition coefficient (Wildman–Crippen LogP) is 2.12. The summed E-state index contributed by atoms with van der Waals surface area (Å²) in [5.74, 6) is 0.491. The van der Waals surface area contributed by atoms with Crippen LogP contribution in [0.3, 0.4) is 0 Å². The summed E-state index contributed by atoms with van der Waals surface area (Å²) in [5.41, 5.74) is 8.62. The van der Waals surface area contributed by atoms with Crippen molar-refractivity contribution >= 4 is 21.8 Å². The van der Waals surface area contributed by atoms with Crippen molar-refractivity contribution in [2.45, 2.75) is 31.9 Å². The second-order valence-electron chi connectivity index (χ2n) is 7.95. The number of carbonyl (C=O) groups is 1. The van der Waals surface area contributed by atoms with Crippen molar-refractivity contribution in [3.63, 3.8) is 0 Å². The molecule has 1 amide bonds. The van der Waals surface area contributed by atoms with Crippen LogP contribution in [-0.4, -0.2) is 49.7 Å². The molecular formula is C22H26N4O4S. The van der Waals surface area contributed by atoms with E-state index in [2.05, 4.69) is 9.38 Å². The van der Waals surface area contributed by atoms with Gasteiger partial charge in [0.15, 0.2) is 0 Å². The molecule has 1 fully saturated rings. The van der Waals surface area contributed by atoms with Gasteiger partial charge in [0.05, 0.1) is 17.9 Å². The second-order valence-corrected chi connectivity index (χ2v) is 9.59. The van der Waals surface area contributed by atoms with E-state index in [9.17, 15) is 13.2 Å². The third-order valence-corrected chi connectivity index (χ3v) is 6.80. The Labute approximate surface area is 182 Å². The molecule has 31 heavy (non-hydrogen) atoms. The molecule has 2 aliphatic rings. The summed E-state index contributed by atoms with van der Waals surface area (Å²) in [6, 6.07) is 8.87. The fraction of sp³-hybridized carbons (Fsp3) is 0.409. The first-order valence-corrected chi connectivity index (χ1v) is 12.0. The first-order chi connectivity index (χ1) is 14.9. The van der Waals surface area contributed by atoms with Crippen molar-refractivity contribution < 1.29 is 17.9 Å². The van der Waals surface area contributed by atoms with E-state index >= 15 is 0 Å². The van der Waals surface area contributed by atoms with Crippen LogP contribution in [0, 0.1) is 5.92 Å².